The first kappa shape index (κ1) is 12.5. The summed E-state index contributed by atoms with van der Waals surface area (Å²) in [5.74, 6) is 0. The molecular formula is C10H18N4O2S. The van der Waals surface area contributed by atoms with Crippen LogP contribution in [0.3, 0.4) is 0 Å². The third-order valence-electron chi connectivity index (χ3n) is 3.35. The molecule has 96 valence electrons. The summed E-state index contributed by atoms with van der Waals surface area (Å²) in [6.07, 6.45) is 0.780. The van der Waals surface area contributed by atoms with Crippen LogP contribution < -0.4 is 5.73 Å². The number of nitrogens with two attached hydrogens (primary N) is 1. The number of sulfonamides is 1. The van der Waals surface area contributed by atoms with E-state index in [1.165, 1.54) is 4.31 Å². The number of H-pyrrole nitrogens is 1. The van der Waals surface area contributed by atoms with Crippen molar-refractivity contribution in [2.75, 3.05) is 13.1 Å². The number of hydrogen-bond acceptors (Lipinski definition) is 4. The Labute approximate surface area is 101 Å². The molecule has 1 aliphatic rings. The number of nitrogens with zero attached hydrogens (tertiary/aromatic N) is 2. The Kier molecular flexibility index (Phi) is 2.80. The molecule has 0 spiro atoms. The van der Waals surface area contributed by atoms with E-state index in [1.807, 2.05) is 6.92 Å². The molecule has 0 aromatic carbocycles. The fourth-order valence-electron chi connectivity index (χ4n) is 2.10. The predicted octanol–water partition coefficient (Wildman–Crippen LogP) is 0.138. The summed E-state index contributed by atoms with van der Waals surface area (Å²) < 4.78 is 26.1. The molecule has 17 heavy (non-hydrogen) atoms. The summed E-state index contributed by atoms with van der Waals surface area (Å²) in [6, 6.07) is 0. The molecule has 0 bridgehead atoms. The van der Waals surface area contributed by atoms with Crippen molar-refractivity contribution in [3.63, 3.8) is 0 Å². The second-order valence-corrected chi connectivity index (χ2v) is 6.63. The van der Waals surface area contributed by atoms with Crippen molar-refractivity contribution >= 4 is 10.0 Å². The van der Waals surface area contributed by atoms with Crippen molar-refractivity contribution in [2.45, 2.75) is 37.6 Å². The van der Waals surface area contributed by atoms with Gasteiger partial charge < -0.3 is 5.73 Å². The van der Waals surface area contributed by atoms with Crippen LogP contribution in [0.15, 0.2) is 4.90 Å². The van der Waals surface area contributed by atoms with Gasteiger partial charge in [0.05, 0.1) is 11.4 Å². The van der Waals surface area contributed by atoms with E-state index in [0.717, 1.165) is 6.42 Å². The van der Waals surface area contributed by atoms with Gasteiger partial charge in [0.25, 0.3) is 0 Å². The molecular weight excluding hydrogens is 240 g/mol. The molecule has 0 saturated carbocycles. The van der Waals surface area contributed by atoms with Crippen LogP contribution in [-0.2, 0) is 10.0 Å². The highest BCUT2D eigenvalue weighted by Gasteiger charge is 2.45. The van der Waals surface area contributed by atoms with E-state index in [4.69, 9.17) is 5.73 Å². The van der Waals surface area contributed by atoms with Crippen molar-refractivity contribution in [1.82, 2.24) is 14.5 Å². The van der Waals surface area contributed by atoms with Gasteiger partial charge in [-0.3, -0.25) is 5.10 Å². The van der Waals surface area contributed by atoms with Crippen LogP contribution in [-0.4, -0.2) is 41.5 Å². The monoisotopic (exact) mass is 258 g/mol. The Morgan fingerprint density at radius 1 is 1.47 bits per heavy atom. The Hall–Kier alpha value is -0.920. The molecule has 1 aliphatic heterocycles. The lowest BCUT2D eigenvalue weighted by Gasteiger charge is -2.46. The zero-order valence-electron chi connectivity index (χ0n) is 10.3. The molecule has 1 saturated heterocycles. The van der Waals surface area contributed by atoms with Gasteiger partial charge in [0, 0.05) is 18.6 Å². The summed E-state index contributed by atoms with van der Waals surface area (Å²) in [5, 5.41) is 6.61. The quantitative estimate of drug-likeness (QED) is 0.806. The first-order chi connectivity index (χ1) is 7.80. The zero-order chi connectivity index (χ0) is 12.8. The van der Waals surface area contributed by atoms with E-state index in [0.29, 0.717) is 24.5 Å². The Morgan fingerprint density at radius 3 is 2.47 bits per heavy atom. The van der Waals surface area contributed by atoms with Crippen molar-refractivity contribution in [1.29, 1.82) is 0 Å². The van der Waals surface area contributed by atoms with Crippen LogP contribution in [0, 0.1) is 13.8 Å². The number of rotatable bonds is 3. The summed E-state index contributed by atoms with van der Waals surface area (Å²) in [7, 11) is -3.44. The molecule has 3 N–H and O–H groups in total. The highest BCUT2D eigenvalue weighted by molar-refractivity contribution is 7.89. The van der Waals surface area contributed by atoms with E-state index >= 15 is 0 Å². The molecule has 7 heteroatoms. The summed E-state index contributed by atoms with van der Waals surface area (Å²) in [4.78, 5) is 0.288. The number of aryl methyl sites for hydroxylation is 2. The van der Waals surface area contributed by atoms with Gasteiger partial charge in [-0.2, -0.15) is 9.40 Å². The van der Waals surface area contributed by atoms with Crippen molar-refractivity contribution in [3.8, 4) is 0 Å². The minimum absolute atomic E-state index is 0.288. The van der Waals surface area contributed by atoms with Gasteiger partial charge >= 0.3 is 0 Å². The predicted molar refractivity (Wildman–Crippen MR) is 64.0 cm³/mol. The molecule has 1 fully saturated rings. The molecule has 2 heterocycles. The van der Waals surface area contributed by atoms with E-state index < -0.39 is 10.0 Å². The van der Waals surface area contributed by atoms with Gasteiger partial charge in [-0.1, -0.05) is 6.92 Å². The lowest BCUT2D eigenvalue weighted by Crippen LogP contribution is -2.68. The zero-order valence-corrected chi connectivity index (χ0v) is 11.1. The molecule has 2 rings (SSSR count). The lowest BCUT2D eigenvalue weighted by atomic mass is 9.91. The highest BCUT2D eigenvalue weighted by atomic mass is 32.2. The van der Waals surface area contributed by atoms with Crippen LogP contribution in [0.25, 0.3) is 0 Å². The van der Waals surface area contributed by atoms with Crippen LogP contribution >= 0.6 is 0 Å². The van der Waals surface area contributed by atoms with Gasteiger partial charge in [-0.15, -0.1) is 0 Å². The molecule has 6 nitrogen and oxygen atoms in total. The second-order valence-electron chi connectivity index (χ2n) is 4.75. The molecule has 1 aromatic rings. The molecule has 1 aromatic heterocycles. The minimum atomic E-state index is -3.44. The summed E-state index contributed by atoms with van der Waals surface area (Å²) in [5.41, 5.74) is 6.71. The Bertz CT molecular complexity index is 509. The Morgan fingerprint density at radius 2 is 2.06 bits per heavy atom. The average molecular weight is 258 g/mol. The molecule has 0 unspecified atom stereocenters. The SMILES string of the molecule is CCC1(N)CN(S(=O)(=O)c2c(C)n[nH]c2C)C1. The number of hydrogen-bond donors (Lipinski definition) is 2. The molecule has 0 atom stereocenters. The Balaban J connectivity index is 2.29. The number of nitrogens with one attached hydrogen (secondary N) is 1. The van der Waals surface area contributed by atoms with Gasteiger partial charge in [-0.05, 0) is 20.3 Å². The smallest absolute Gasteiger partial charge is 0.246 e. The fourth-order valence-corrected chi connectivity index (χ4v) is 4.06. The van der Waals surface area contributed by atoms with Crippen molar-refractivity contribution < 1.29 is 8.42 Å². The van der Waals surface area contributed by atoms with E-state index in [9.17, 15) is 8.42 Å². The maximum atomic E-state index is 12.3. The average Bonchev–Trinajstić information content (AvgIpc) is 2.54. The minimum Gasteiger partial charge on any atom is -0.323 e. The van der Waals surface area contributed by atoms with E-state index in [2.05, 4.69) is 10.2 Å². The maximum absolute atomic E-state index is 12.3. The van der Waals surface area contributed by atoms with Crippen LogP contribution in [0.5, 0.6) is 0 Å². The van der Waals surface area contributed by atoms with E-state index in [-0.39, 0.29) is 10.4 Å². The molecule has 0 amide bonds. The van der Waals surface area contributed by atoms with Crippen LogP contribution in [0.4, 0.5) is 0 Å². The van der Waals surface area contributed by atoms with Crippen LogP contribution in [0.1, 0.15) is 24.7 Å². The number of aromatic amines is 1. The molecule has 0 radical (unpaired) electrons. The third-order valence-corrected chi connectivity index (χ3v) is 5.40. The standard InChI is InChI=1S/C10H18N4O2S/c1-4-10(11)5-14(6-10)17(15,16)9-7(2)12-13-8(9)3/h4-6,11H2,1-3H3,(H,12,13). The maximum Gasteiger partial charge on any atom is 0.246 e. The van der Waals surface area contributed by atoms with Gasteiger partial charge in [0.15, 0.2) is 0 Å². The van der Waals surface area contributed by atoms with Crippen molar-refractivity contribution in [2.24, 2.45) is 5.73 Å². The molecule has 0 aliphatic carbocycles. The van der Waals surface area contributed by atoms with Crippen LogP contribution in [0.2, 0.25) is 0 Å². The first-order valence-electron chi connectivity index (χ1n) is 5.61. The summed E-state index contributed by atoms with van der Waals surface area (Å²) >= 11 is 0. The van der Waals surface area contributed by atoms with E-state index in [1.54, 1.807) is 13.8 Å². The lowest BCUT2D eigenvalue weighted by molar-refractivity contribution is 0.153. The van der Waals surface area contributed by atoms with Crippen molar-refractivity contribution in [3.05, 3.63) is 11.4 Å². The van der Waals surface area contributed by atoms with Gasteiger partial charge in [0.2, 0.25) is 10.0 Å². The second kappa shape index (κ2) is 3.79. The van der Waals surface area contributed by atoms with Gasteiger partial charge in [0.1, 0.15) is 4.90 Å². The largest absolute Gasteiger partial charge is 0.323 e. The summed E-state index contributed by atoms with van der Waals surface area (Å²) in [6.45, 7) is 6.14. The highest BCUT2D eigenvalue weighted by Crippen LogP contribution is 2.30. The van der Waals surface area contributed by atoms with Gasteiger partial charge in [-0.25, -0.2) is 8.42 Å². The normalized spacial score (nSPS) is 20.2. The third kappa shape index (κ3) is 1.88. The fraction of sp³-hybridized carbons (Fsp3) is 0.700. The first-order valence-corrected chi connectivity index (χ1v) is 7.05. The topological polar surface area (TPSA) is 92.1 Å². The number of aromatic nitrogens is 2.